The maximum Gasteiger partial charge on any atom is 0.266 e. The number of nitrogens with zero attached hydrogens (tertiary/aromatic N) is 2. The first-order chi connectivity index (χ1) is 17.8. The van der Waals surface area contributed by atoms with Crippen LogP contribution in [0.3, 0.4) is 0 Å². The third-order valence-corrected chi connectivity index (χ3v) is 8.53. The number of benzene rings is 3. The van der Waals surface area contributed by atoms with Crippen LogP contribution in [0.5, 0.6) is 0 Å². The molecule has 37 heavy (non-hydrogen) atoms. The molecule has 0 radical (unpaired) electrons. The van der Waals surface area contributed by atoms with Crippen LogP contribution >= 0.6 is 0 Å². The fourth-order valence-corrected chi connectivity index (χ4v) is 7.03. The van der Waals surface area contributed by atoms with Gasteiger partial charge >= 0.3 is 0 Å². The van der Waals surface area contributed by atoms with Crippen LogP contribution in [0.2, 0.25) is 0 Å². The van der Waals surface area contributed by atoms with Gasteiger partial charge in [-0.15, -0.1) is 0 Å². The second-order valence-corrected chi connectivity index (χ2v) is 10.1. The Morgan fingerprint density at radius 2 is 1.51 bits per heavy atom. The van der Waals surface area contributed by atoms with Crippen LogP contribution in [0.1, 0.15) is 52.0 Å². The van der Waals surface area contributed by atoms with E-state index in [0.29, 0.717) is 0 Å². The van der Waals surface area contributed by atoms with E-state index in [1.165, 1.54) is 44.4 Å². The summed E-state index contributed by atoms with van der Waals surface area (Å²) in [5, 5.41) is 2.59. The number of fused-ring (bicyclic) bond motifs is 2. The number of hydrogen-bond donors (Lipinski definition) is 0. The van der Waals surface area contributed by atoms with Gasteiger partial charge in [-0.2, -0.15) is 0 Å². The average Bonchev–Trinajstić information content (AvgIpc) is 3.72. The van der Waals surface area contributed by atoms with Crippen molar-refractivity contribution in [1.82, 2.24) is 4.57 Å². The van der Waals surface area contributed by atoms with Gasteiger partial charge < -0.3 is 21.2 Å². The van der Waals surface area contributed by atoms with Gasteiger partial charge in [0.05, 0.1) is 25.1 Å². The van der Waals surface area contributed by atoms with E-state index in [1.807, 2.05) is 12.5 Å². The molecule has 3 aromatic heterocycles. The maximum atomic E-state index is 5.69. The Morgan fingerprint density at radius 3 is 2.27 bits per heavy atom. The summed E-state index contributed by atoms with van der Waals surface area (Å²) in [5.41, 5.74) is 6.29. The normalized spacial score (nSPS) is 18.8. The van der Waals surface area contributed by atoms with Crippen LogP contribution < -0.4 is 17.0 Å². The third kappa shape index (κ3) is 2.99. The zero-order valence-corrected chi connectivity index (χ0v) is 20.9. The molecule has 182 valence electrons. The van der Waals surface area contributed by atoms with Gasteiger partial charge in [0.1, 0.15) is 30.9 Å². The zero-order chi connectivity index (χ0) is 23.7. The molecule has 0 fully saturated rings. The molecule has 3 aliphatic rings. The largest absolute Gasteiger partial charge is 1.00 e. The average molecular weight is 505 g/mol. The van der Waals surface area contributed by atoms with E-state index >= 15 is 0 Å². The van der Waals surface area contributed by atoms with Crippen LogP contribution in [0.4, 0.5) is 0 Å². The third-order valence-electron chi connectivity index (χ3n) is 8.53. The van der Waals surface area contributed by atoms with Gasteiger partial charge in [0.2, 0.25) is 0 Å². The zero-order valence-electron chi connectivity index (χ0n) is 20.1. The van der Waals surface area contributed by atoms with E-state index in [1.54, 1.807) is 12.5 Å². The molecule has 0 saturated heterocycles. The molecule has 5 heteroatoms. The fraction of sp³-hybridized carbons (Fsp3) is 0.156. The van der Waals surface area contributed by atoms with Crippen molar-refractivity contribution in [2.24, 2.45) is 0 Å². The van der Waals surface area contributed by atoms with E-state index in [-0.39, 0.29) is 29.8 Å². The summed E-state index contributed by atoms with van der Waals surface area (Å²) in [6, 6.07) is 28.8. The van der Waals surface area contributed by atoms with Gasteiger partial charge in [-0.1, -0.05) is 66.7 Å². The molecule has 2 atom stereocenters. The lowest BCUT2D eigenvalue weighted by atomic mass is 9.55. The minimum atomic E-state index is -0.270. The van der Waals surface area contributed by atoms with Crippen molar-refractivity contribution in [3.05, 3.63) is 150 Å². The van der Waals surface area contributed by atoms with Crippen molar-refractivity contribution >= 4 is 10.8 Å². The number of furan rings is 2. The van der Waals surface area contributed by atoms with Crippen LogP contribution in [-0.2, 0) is 12.0 Å². The smallest absolute Gasteiger partial charge is 0.266 e. The Hall–Kier alpha value is -4.02. The topological polar surface area (TPSA) is 35.1 Å². The number of imidazole rings is 1. The van der Waals surface area contributed by atoms with Gasteiger partial charge in [0.25, 0.3) is 5.82 Å². The summed E-state index contributed by atoms with van der Waals surface area (Å²) in [6.45, 7) is 0.821. The van der Waals surface area contributed by atoms with Gasteiger partial charge in [-0.3, -0.25) is 0 Å². The summed E-state index contributed by atoms with van der Waals surface area (Å²) in [5.74, 6) is 1.46. The van der Waals surface area contributed by atoms with Crippen LogP contribution in [0, 0.1) is 0 Å². The molecule has 0 amide bonds. The van der Waals surface area contributed by atoms with E-state index in [9.17, 15) is 0 Å². The number of halogens is 1. The van der Waals surface area contributed by atoms with Crippen LogP contribution in [-0.4, -0.2) is 4.57 Å². The van der Waals surface area contributed by atoms with Crippen molar-refractivity contribution in [2.45, 2.75) is 30.3 Å². The van der Waals surface area contributed by atoms with E-state index < -0.39 is 0 Å². The van der Waals surface area contributed by atoms with Gasteiger partial charge in [0.15, 0.2) is 0 Å². The Balaban J connectivity index is 0.00000231. The number of rotatable bonds is 4. The molecular formula is C32H25ClN2O2. The fourth-order valence-electron chi connectivity index (χ4n) is 7.03. The predicted molar refractivity (Wildman–Crippen MR) is 137 cm³/mol. The highest BCUT2D eigenvalue weighted by molar-refractivity contribution is 5.85. The van der Waals surface area contributed by atoms with Gasteiger partial charge in [0, 0.05) is 34.1 Å². The first-order valence-corrected chi connectivity index (χ1v) is 12.6. The van der Waals surface area contributed by atoms with Crippen molar-refractivity contribution < 1.29 is 25.8 Å². The lowest BCUT2D eigenvalue weighted by Crippen LogP contribution is -3.00. The molecule has 0 N–H and O–H groups in total. The SMILES string of the molecule is [Cl-].c1ccc2c(c1)C1CC(c3ccoc3)(c3ccoc3)C2c2n1cc[n+]2Cc1cccc2ccccc12. The molecule has 5 heterocycles. The minimum absolute atomic E-state index is 0. The number of hydrogen-bond acceptors (Lipinski definition) is 2. The second-order valence-electron chi connectivity index (χ2n) is 10.1. The van der Waals surface area contributed by atoms with E-state index in [4.69, 9.17) is 8.83 Å². The molecule has 2 aliphatic heterocycles. The quantitative estimate of drug-likeness (QED) is 0.344. The molecular weight excluding hydrogens is 480 g/mol. The molecule has 4 nitrogen and oxygen atoms in total. The first kappa shape index (κ1) is 22.2. The molecule has 0 saturated carbocycles. The Labute approximate surface area is 221 Å². The molecule has 9 rings (SSSR count). The lowest BCUT2D eigenvalue weighted by molar-refractivity contribution is -0.697. The van der Waals surface area contributed by atoms with Gasteiger partial charge in [-0.25, -0.2) is 9.13 Å². The Kier molecular flexibility index (Phi) is 4.95. The van der Waals surface area contributed by atoms with E-state index in [2.05, 4.69) is 100 Å². The van der Waals surface area contributed by atoms with E-state index in [0.717, 1.165) is 13.0 Å². The van der Waals surface area contributed by atoms with Crippen LogP contribution in [0.25, 0.3) is 10.8 Å². The lowest BCUT2D eigenvalue weighted by Gasteiger charge is -2.49. The predicted octanol–water partition coefficient (Wildman–Crippen LogP) is 3.59. The Bertz CT molecular complexity index is 1680. The highest BCUT2D eigenvalue weighted by Gasteiger charge is 2.60. The summed E-state index contributed by atoms with van der Waals surface area (Å²) in [6.07, 6.45) is 13.0. The minimum Gasteiger partial charge on any atom is -1.00 e. The van der Waals surface area contributed by atoms with Crippen molar-refractivity contribution in [1.29, 1.82) is 0 Å². The molecule has 2 bridgehead atoms. The highest BCUT2D eigenvalue weighted by atomic mass is 35.5. The molecule has 0 spiro atoms. The highest BCUT2D eigenvalue weighted by Crippen LogP contribution is 2.61. The van der Waals surface area contributed by atoms with Crippen molar-refractivity contribution in [3.63, 3.8) is 0 Å². The molecule has 3 aromatic carbocycles. The Morgan fingerprint density at radius 1 is 0.811 bits per heavy atom. The summed E-state index contributed by atoms with van der Waals surface area (Å²) >= 11 is 0. The maximum absolute atomic E-state index is 5.69. The summed E-state index contributed by atoms with van der Waals surface area (Å²) in [7, 11) is 0. The second kappa shape index (κ2) is 8.25. The molecule has 2 unspecified atom stereocenters. The monoisotopic (exact) mass is 504 g/mol. The summed E-state index contributed by atoms with van der Waals surface area (Å²) in [4.78, 5) is 0. The summed E-state index contributed by atoms with van der Waals surface area (Å²) < 4.78 is 16.3. The number of aromatic nitrogens is 2. The first-order valence-electron chi connectivity index (χ1n) is 12.6. The van der Waals surface area contributed by atoms with Crippen molar-refractivity contribution in [3.8, 4) is 0 Å². The standard InChI is InChI=1S/C32H25N2O2.ClH/c1-2-9-26-22(6-1)7-5-8-23(26)19-33-14-15-34-29-18-32(24-12-16-35-20-24,25-13-17-36-21-25)30(31(33)34)28-11-4-3-10-27(28)29;/h1-17,20-21,29-30H,18-19H2;1H/q+1;/p-1. The van der Waals surface area contributed by atoms with Crippen LogP contribution in [0.15, 0.2) is 125 Å². The molecule has 1 aliphatic carbocycles. The molecule has 6 aromatic rings. The van der Waals surface area contributed by atoms with Gasteiger partial charge in [-0.05, 0) is 28.5 Å². The van der Waals surface area contributed by atoms with Crippen molar-refractivity contribution in [2.75, 3.05) is 0 Å².